The summed E-state index contributed by atoms with van der Waals surface area (Å²) in [7, 11) is 1.42. The molecule has 1 heterocycles. The zero-order valence-corrected chi connectivity index (χ0v) is 10.8. The van der Waals surface area contributed by atoms with E-state index >= 15 is 0 Å². The number of aryl methyl sites for hydroxylation is 1. The fourth-order valence-electron chi connectivity index (χ4n) is 1.65. The summed E-state index contributed by atoms with van der Waals surface area (Å²) in [5.74, 6) is 0.606. The fraction of sp³-hybridized carbons (Fsp3) is 0.214. The first kappa shape index (κ1) is 13.1. The maximum absolute atomic E-state index is 13.5. The Balaban J connectivity index is 2.08. The lowest BCUT2D eigenvalue weighted by molar-refractivity contribution is 0.305. The SMILES string of the molecule is COc1ccc(COc2ccc(C)nc2N)cc1F. The lowest BCUT2D eigenvalue weighted by Gasteiger charge is -2.09. The van der Waals surface area contributed by atoms with Crippen molar-refractivity contribution in [3.05, 3.63) is 47.4 Å². The summed E-state index contributed by atoms with van der Waals surface area (Å²) in [5.41, 5.74) is 7.24. The van der Waals surface area contributed by atoms with Gasteiger partial charge in [0.2, 0.25) is 0 Å². The molecule has 100 valence electrons. The molecule has 1 aromatic carbocycles. The average molecular weight is 262 g/mol. The number of pyridine rings is 1. The second kappa shape index (κ2) is 5.56. The van der Waals surface area contributed by atoms with Crippen molar-refractivity contribution >= 4 is 5.82 Å². The van der Waals surface area contributed by atoms with Gasteiger partial charge in [-0.1, -0.05) is 6.07 Å². The molecule has 1 aromatic heterocycles. The van der Waals surface area contributed by atoms with Crippen LogP contribution in [0.2, 0.25) is 0 Å². The maximum Gasteiger partial charge on any atom is 0.166 e. The number of nitrogen functional groups attached to an aromatic ring is 1. The largest absolute Gasteiger partial charge is 0.494 e. The molecular weight excluding hydrogens is 247 g/mol. The van der Waals surface area contributed by atoms with Crippen LogP contribution >= 0.6 is 0 Å². The standard InChI is InChI=1S/C14H15FN2O2/c1-9-3-5-13(14(16)17-9)19-8-10-4-6-12(18-2)11(15)7-10/h3-7H,8H2,1-2H3,(H2,16,17). The van der Waals surface area contributed by atoms with Crippen molar-refractivity contribution in [3.8, 4) is 11.5 Å². The average Bonchev–Trinajstić information content (AvgIpc) is 2.38. The minimum absolute atomic E-state index is 0.209. The van der Waals surface area contributed by atoms with Crippen LogP contribution in [0.3, 0.4) is 0 Å². The Bertz CT molecular complexity index is 588. The van der Waals surface area contributed by atoms with Gasteiger partial charge in [-0.2, -0.15) is 0 Å². The first-order chi connectivity index (χ1) is 9.10. The Morgan fingerprint density at radius 3 is 2.58 bits per heavy atom. The lowest BCUT2D eigenvalue weighted by atomic mass is 10.2. The number of hydrogen-bond donors (Lipinski definition) is 1. The normalized spacial score (nSPS) is 10.3. The molecule has 0 saturated heterocycles. The molecule has 0 atom stereocenters. The molecule has 2 N–H and O–H groups in total. The monoisotopic (exact) mass is 262 g/mol. The van der Waals surface area contributed by atoms with Crippen molar-refractivity contribution in [1.29, 1.82) is 0 Å². The molecular formula is C14H15FN2O2. The molecule has 2 aromatic rings. The maximum atomic E-state index is 13.5. The summed E-state index contributed by atoms with van der Waals surface area (Å²) in [6.45, 7) is 2.06. The Morgan fingerprint density at radius 2 is 1.95 bits per heavy atom. The van der Waals surface area contributed by atoms with E-state index in [-0.39, 0.29) is 12.4 Å². The highest BCUT2D eigenvalue weighted by molar-refractivity contribution is 5.46. The topological polar surface area (TPSA) is 57.4 Å². The number of anilines is 1. The molecule has 0 unspecified atom stereocenters. The summed E-state index contributed by atoms with van der Waals surface area (Å²) in [4.78, 5) is 4.09. The summed E-state index contributed by atoms with van der Waals surface area (Å²) < 4.78 is 23.9. The third kappa shape index (κ3) is 3.13. The highest BCUT2D eigenvalue weighted by Crippen LogP contribution is 2.22. The number of nitrogens with zero attached hydrogens (tertiary/aromatic N) is 1. The van der Waals surface area contributed by atoms with E-state index in [1.165, 1.54) is 13.2 Å². The summed E-state index contributed by atoms with van der Waals surface area (Å²) in [5, 5.41) is 0. The molecule has 0 amide bonds. The number of rotatable bonds is 4. The fourth-order valence-corrected chi connectivity index (χ4v) is 1.65. The molecule has 0 aliphatic heterocycles. The third-order valence-electron chi connectivity index (χ3n) is 2.64. The number of aromatic nitrogens is 1. The third-order valence-corrected chi connectivity index (χ3v) is 2.64. The van der Waals surface area contributed by atoms with E-state index in [0.29, 0.717) is 17.1 Å². The van der Waals surface area contributed by atoms with E-state index < -0.39 is 5.82 Å². The van der Waals surface area contributed by atoms with Crippen LogP contribution in [0.5, 0.6) is 11.5 Å². The number of benzene rings is 1. The molecule has 0 radical (unpaired) electrons. The molecule has 19 heavy (non-hydrogen) atoms. The van der Waals surface area contributed by atoms with Crippen molar-refractivity contribution < 1.29 is 13.9 Å². The van der Waals surface area contributed by atoms with Gasteiger partial charge in [-0.05, 0) is 36.8 Å². The van der Waals surface area contributed by atoms with Crippen molar-refractivity contribution in [3.63, 3.8) is 0 Å². The molecule has 0 bridgehead atoms. The molecule has 0 aliphatic carbocycles. The highest BCUT2D eigenvalue weighted by atomic mass is 19.1. The van der Waals surface area contributed by atoms with Gasteiger partial charge < -0.3 is 15.2 Å². The number of methoxy groups -OCH3 is 1. The minimum Gasteiger partial charge on any atom is -0.494 e. The number of halogens is 1. The first-order valence-electron chi connectivity index (χ1n) is 5.78. The van der Waals surface area contributed by atoms with E-state index in [0.717, 1.165) is 5.69 Å². The van der Waals surface area contributed by atoms with Crippen molar-refractivity contribution in [2.24, 2.45) is 0 Å². The highest BCUT2D eigenvalue weighted by Gasteiger charge is 2.06. The van der Waals surface area contributed by atoms with Gasteiger partial charge in [-0.15, -0.1) is 0 Å². The molecule has 4 nitrogen and oxygen atoms in total. The Labute approximate surface area is 111 Å². The predicted octanol–water partition coefficient (Wildman–Crippen LogP) is 2.70. The quantitative estimate of drug-likeness (QED) is 0.920. The van der Waals surface area contributed by atoms with Crippen LogP contribution in [0.15, 0.2) is 30.3 Å². The van der Waals surface area contributed by atoms with Crippen LogP contribution in [-0.2, 0) is 6.61 Å². The summed E-state index contributed by atoms with van der Waals surface area (Å²) in [6.07, 6.45) is 0. The second-order valence-corrected chi connectivity index (χ2v) is 4.09. The van der Waals surface area contributed by atoms with Gasteiger partial charge in [0.15, 0.2) is 23.1 Å². The van der Waals surface area contributed by atoms with E-state index in [1.54, 1.807) is 24.3 Å². The Morgan fingerprint density at radius 1 is 1.21 bits per heavy atom. The number of nitrogens with two attached hydrogens (primary N) is 1. The molecule has 0 fully saturated rings. The smallest absolute Gasteiger partial charge is 0.166 e. The number of ether oxygens (including phenoxy) is 2. The zero-order valence-electron chi connectivity index (χ0n) is 10.8. The zero-order chi connectivity index (χ0) is 13.8. The second-order valence-electron chi connectivity index (χ2n) is 4.09. The van der Waals surface area contributed by atoms with Crippen LogP contribution in [0.4, 0.5) is 10.2 Å². The van der Waals surface area contributed by atoms with Gasteiger partial charge in [-0.3, -0.25) is 0 Å². The van der Waals surface area contributed by atoms with Gasteiger partial charge in [0.05, 0.1) is 7.11 Å². The van der Waals surface area contributed by atoms with Crippen molar-refractivity contribution in [1.82, 2.24) is 4.98 Å². The van der Waals surface area contributed by atoms with E-state index in [1.807, 2.05) is 6.92 Å². The van der Waals surface area contributed by atoms with Crippen LogP contribution in [-0.4, -0.2) is 12.1 Å². The molecule has 5 heteroatoms. The summed E-state index contributed by atoms with van der Waals surface area (Å²) in [6, 6.07) is 8.22. The Hall–Kier alpha value is -2.30. The van der Waals surface area contributed by atoms with E-state index in [9.17, 15) is 4.39 Å². The van der Waals surface area contributed by atoms with Crippen LogP contribution in [0, 0.1) is 12.7 Å². The van der Waals surface area contributed by atoms with E-state index in [4.69, 9.17) is 15.2 Å². The van der Waals surface area contributed by atoms with Gasteiger partial charge in [0, 0.05) is 5.69 Å². The molecule has 2 rings (SSSR count). The van der Waals surface area contributed by atoms with Gasteiger partial charge in [-0.25, -0.2) is 9.37 Å². The molecule has 0 saturated carbocycles. The minimum atomic E-state index is -0.418. The van der Waals surface area contributed by atoms with Gasteiger partial charge in [0.25, 0.3) is 0 Å². The van der Waals surface area contributed by atoms with Gasteiger partial charge in [0.1, 0.15) is 6.61 Å². The molecule has 0 spiro atoms. The van der Waals surface area contributed by atoms with Crippen molar-refractivity contribution in [2.75, 3.05) is 12.8 Å². The van der Waals surface area contributed by atoms with Crippen LogP contribution < -0.4 is 15.2 Å². The van der Waals surface area contributed by atoms with Gasteiger partial charge >= 0.3 is 0 Å². The molecule has 0 aliphatic rings. The number of hydrogen-bond acceptors (Lipinski definition) is 4. The summed E-state index contributed by atoms with van der Waals surface area (Å²) >= 11 is 0. The van der Waals surface area contributed by atoms with E-state index in [2.05, 4.69) is 4.98 Å². The van der Waals surface area contributed by atoms with Crippen LogP contribution in [0.25, 0.3) is 0 Å². The van der Waals surface area contributed by atoms with Crippen LogP contribution in [0.1, 0.15) is 11.3 Å². The predicted molar refractivity (Wildman–Crippen MR) is 70.7 cm³/mol. The first-order valence-corrected chi connectivity index (χ1v) is 5.78. The Kier molecular flexibility index (Phi) is 3.85. The lowest BCUT2D eigenvalue weighted by Crippen LogP contribution is -2.01. The van der Waals surface area contributed by atoms with Crippen molar-refractivity contribution in [2.45, 2.75) is 13.5 Å².